The van der Waals surface area contributed by atoms with Gasteiger partial charge in [-0.15, -0.1) is 0 Å². The summed E-state index contributed by atoms with van der Waals surface area (Å²) in [7, 11) is 0. The molecule has 0 aromatic heterocycles. The molecule has 2 N–H and O–H groups in total. The number of nitrogens with zero attached hydrogens (tertiary/aromatic N) is 1. The molecular weight excluding hydrogens is 289 g/mol. The lowest BCUT2D eigenvalue weighted by molar-refractivity contribution is -0.384. The van der Waals surface area contributed by atoms with E-state index in [1.807, 2.05) is 0 Å². The minimum Gasteiger partial charge on any atom is -0.376 e. The number of anilines is 2. The summed E-state index contributed by atoms with van der Waals surface area (Å²) < 4.78 is 13.0. The van der Waals surface area contributed by atoms with E-state index in [0.717, 1.165) is 0 Å². The molecule has 0 radical (unpaired) electrons. The van der Waals surface area contributed by atoms with Crippen molar-refractivity contribution in [2.24, 2.45) is 0 Å². The highest BCUT2D eigenvalue weighted by atomic mass is 19.1. The van der Waals surface area contributed by atoms with Crippen molar-refractivity contribution in [3.05, 3.63) is 64.0 Å². The zero-order valence-corrected chi connectivity index (χ0v) is 11.8. The lowest BCUT2D eigenvalue weighted by atomic mass is 10.2. The average molecular weight is 303 g/mol. The summed E-state index contributed by atoms with van der Waals surface area (Å²) in [5.74, 6) is -0.724. The maximum absolute atomic E-state index is 13.0. The molecule has 6 nitrogen and oxygen atoms in total. The molecule has 0 bridgehead atoms. The van der Waals surface area contributed by atoms with Crippen LogP contribution in [0, 0.1) is 22.9 Å². The fraction of sp³-hybridized carbons (Fsp3) is 0.133. The molecule has 0 saturated heterocycles. The Hall–Kier alpha value is -2.96. The van der Waals surface area contributed by atoms with Crippen molar-refractivity contribution < 1.29 is 14.1 Å². The molecule has 0 unspecified atom stereocenters. The van der Waals surface area contributed by atoms with Gasteiger partial charge in [0.05, 0.1) is 11.5 Å². The largest absolute Gasteiger partial charge is 0.376 e. The van der Waals surface area contributed by atoms with Gasteiger partial charge in [0.25, 0.3) is 5.69 Å². The Morgan fingerprint density at radius 1 is 1.27 bits per heavy atom. The van der Waals surface area contributed by atoms with Gasteiger partial charge in [-0.1, -0.05) is 6.07 Å². The maximum Gasteiger partial charge on any atom is 0.269 e. The van der Waals surface area contributed by atoms with E-state index in [4.69, 9.17) is 0 Å². The average Bonchev–Trinajstić information content (AvgIpc) is 2.47. The fourth-order valence-electron chi connectivity index (χ4n) is 1.88. The number of aryl methyl sites for hydroxylation is 1. The van der Waals surface area contributed by atoms with Gasteiger partial charge in [0, 0.05) is 23.5 Å². The Morgan fingerprint density at radius 2 is 2.05 bits per heavy atom. The molecular formula is C15H14FN3O3. The predicted molar refractivity (Wildman–Crippen MR) is 81.4 cm³/mol. The van der Waals surface area contributed by atoms with E-state index in [2.05, 4.69) is 10.6 Å². The standard InChI is InChI=1S/C15H14FN3O3/c1-10-7-13(19(21)22)5-6-14(10)18-15(20)9-17-12-4-2-3-11(16)8-12/h2-8,17H,9H2,1H3,(H,18,20). The molecule has 0 spiro atoms. The zero-order chi connectivity index (χ0) is 16.1. The van der Waals surface area contributed by atoms with Gasteiger partial charge in [0.2, 0.25) is 5.91 Å². The van der Waals surface area contributed by atoms with Crippen molar-refractivity contribution >= 4 is 23.0 Å². The van der Waals surface area contributed by atoms with Crippen LogP contribution >= 0.6 is 0 Å². The highest BCUT2D eigenvalue weighted by molar-refractivity contribution is 5.94. The highest BCUT2D eigenvalue weighted by Crippen LogP contribution is 2.21. The fourth-order valence-corrected chi connectivity index (χ4v) is 1.88. The first-order chi connectivity index (χ1) is 10.5. The van der Waals surface area contributed by atoms with Crippen molar-refractivity contribution in [2.75, 3.05) is 17.2 Å². The van der Waals surface area contributed by atoms with Crippen LogP contribution in [0.15, 0.2) is 42.5 Å². The lowest BCUT2D eigenvalue weighted by Gasteiger charge is -2.10. The van der Waals surface area contributed by atoms with Crippen molar-refractivity contribution in [2.45, 2.75) is 6.92 Å². The summed E-state index contributed by atoms with van der Waals surface area (Å²) in [6, 6.07) is 9.96. The van der Waals surface area contributed by atoms with E-state index in [1.54, 1.807) is 13.0 Å². The molecule has 7 heteroatoms. The van der Waals surface area contributed by atoms with Crippen LogP contribution in [0.5, 0.6) is 0 Å². The monoisotopic (exact) mass is 303 g/mol. The van der Waals surface area contributed by atoms with E-state index >= 15 is 0 Å². The van der Waals surface area contributed by atoms with Crippen molar-refractivity contribution in [1.82, 2.24) is 0 Å². The second-order valence-corrected chi connectivity index (χ2v) is 4.67. The van der Waals surface area contributed by atoms with Crippen LogP contribution in [0.3, 0.4) is 0 Å². The van der Waals surface area contributed by atoms with Gasteiger partial charge in [0.1, 0.15) is 5.82 Å². The van der Waals surface area contributed by atoms with Crippen LogP contribution in [-0.4, -0.2) is 17.4 Å². The maximum atomic E-state index is 13.0. The van der Waals surface area contributed by atoms with Crippen LogP contribution in [0.4, 0.5) is 21.5 Å². The Kier molecular flexibility index (Phi) is 4.67. The second-order valence-electron chi connectivity index (χ2n) is 4.67. The van der Waals surface area contributed by atoms with Gasteiger partial charge >= 0.3 is 0 Å². The molecule has 0 saturated carbocycles. The third-order valence-corrected chi connectivity index (χ3v) is 2.97. The van der Waals surface area contributed by atoms with E-state index in [-0.39, 0.29) is 18.1 Å². The Morgan fingerprint density at radius 3 is 2.68 bits per heavy atom. The van der Waals surface area contributed by atoms with E-state index in [0.29, 0.717) is 16.9 Å². The number of rotatable bonds is 5. The van der Waals surface area contributed by atoms with Crippen molar-refractivity contribution in [3.63, 3.8) is 0 Å². The Labute approximate surface area is 126 Å². The molecule has 2 aromatic carbocycles. The third kappa shape index (κ3) is 4.02. The first-order valence-electron chi connectivity index (χ1n) is 6.50. The Balaban J connectivity index is 1.96. The van der Waals surface area contributed by atoms with Gasteiger partial charge < -0.3 is 10.6 Å². The SMILES string of the molecule is Cc1cc([N+](=O)[O-])ccc1NC(=O)CNc1cccc(F)c1. The normalized spacial score (nSPS) is 10.1. The van der Waals surface area contributed by atoms with E-state index in [1.165, 1.54) is 36.4 Å². The minimum absolute atomic E-state index is 0.0339. The summed E-state index contributed by atoms with van der Waals surface area (Å²) in [4.78, 5) is 22.0. The van der Waals surface area contributed by atoms with Crippen LogP contribution in [0.25, 0.3) is 0 Å². The van der Waals surface area contributed by atoms with Gasteiger partial charge in [-0.2, -0.15) is 0 Å². The van der Waals surface area contributed by atoms with Crippen LogP contribution in [0.1, 0.15) is 5.56 Å². The van der Waals surface area contributed by atoms with Gasteiger partial charge in [-0.05, 0) is 36.8 Å². The minimum atomic E-state index is -0.496. The lowest BCUT2D eigenvalue weighted by Crippen LogP contribution is -2.22. The highest BCUT2D eigenvalue weighted by Gasteiger charge is 2.10. The van der Waals surface area contributed by atoms with Gasteiger partial charge in [-0.25, -0.2) is 4.39 Å². The number of benzene rings is 2. The molecule has 2 aromatic rings. The quantitative estimate of drug-likeness (QED) is 0.656. The third-order valence-electron chi connectivity index (χ3n) is 2.97. The van der Waals surface area contributed by atoms with Crippen LogP contribution in [-0.2, 0) is 4.79 Å². The summed E-state index contributed by atoms with van der Waals surface area (Å²) in [6.45, 7) is 1.63. The molecule has 0 heterocycles. The number of carbonyl (C=O) groups is 1. The topological polar surface area (TPSA) is 84.3 Å². The number of non-ortho nitro benzene ring substituents is 1. The summed E-state index contributed by atoms with van der Waals surface area (Å²) in [5, 5.41) is 16.1. The van der Waals surface area contributed by atoms with Crippen molar-refractivity contribution in [1.29, 1.82) is 0 Å². The predicted octanol–water partition coefficient (Wildman–Crippen LogP) is 3.09. The molecule has 0 fully saturated rings. The number of nitrogens with one attached hydrogen (secondary N) is 2. The number of nitro groups is 1. The number of halogens is 1. The summed E-state index contributed by atoms with van der Waals surface area (Å²) in [5.41, 5.74) is 1.55. The number of amides is 1. The van der Waals surface area contributed by atoms with E-state index in [9.17, 15) is 19.3 Å². The number of nitro benzene ring substituents is 1. The first kappa shape index (κ1) is 15.4. The van der Waals surface area contributed by atoms with Crippen LogP contribution in [0.2, 0.25) is 0 Å². The smallest absolute Gasteiger partial charge is 0.269 e. The number of hydrogen-bond acceptors (Lipinski definition) is 4. The Bertz CT molecular complexity index is 719. The van der Waals surface area contributed by atoms with Crippen molar-refractivity contribution in [3.8, 4) is 0 Å². The molecule has 0 aliphatic rings. The van der Waals surface area contributed by atoms with E-state index < -0.39 is 10.7 Å². The molecule has 114 valence electrons. The number of carbonyl (C=O) groups excluding carboxylic acids is 1. The molecule has 22 heavy (non-hydrogen) atoms. The molecule has 1 amide bonds. The van der Waals surface area contributed by atoms with Gasteiger partial charge in [0.15, 0.2) is 0 Å². The molecule has 2 rings (SSSR count). The van der Waals surface area contributed by atoms with Crippen LogP contribution < -0.4 is 10.6 Å². The molecule has 0 atom stereocenters. The molecule has 0 aliphatic heterocycles. The van der Waals surface area contributed by atoms with Gasteiger partial charge in [-0.3, -0.25) is 14.9 Å². The summed E-state index contributed by atoms with van der Waals surface area (Å²) in [6.07, 6.45) is 0. The second kappa shape index (κ2) is 6.66. The zero-order valence-electron chi connectivity index (χ0n) is 11.8. The molecule has 0 aliphatic carbocycles. The summed E-state index contributed by atoms with van der Waals surface area (Å²) >= 11 is 0. The first-order valence-corrected chi connectivity index (χ1v) is 6.50. The number of hydrogen-bond donors (Lipinski definition) is 2.